The molecule has 2 heteroatoms. The van der Waals surface area contributed by atoms with E-state index in [9.17, 15) is 0 Å². The molecule has 0 N–H and O–H groups in total. The molecule has 0 aliphatic rings. The Morgan fingerprint density at radius 2 is 1.67 bits per heavy atom. The van der Waals surface area contributed by atoms with Crippen LogP contribution in [0.3, 0.4) is 0 Å². The second kappa shape index (κ2) is 4.48. The van der Waals surface area contributed by atoms with Gasteiger partial charge in [-0.2, -0.15) is 5.28 Å². The molecule has 1 aromatic carbocycles. The number of nitrogens with zero attached hydrogens (tertiary/aromatic N) is 1. The first kappa shape index (κ1) is 10.2. The van der Waals surface area contributed by atoms with Gasteiger partial charge in [0.15, 0.2) is 0 Å². The summed E-state index contributed by atoms with van der Waals surface area (Å²) in [4.78, 5) is 2.47. The molecule has 2 aromatic rings. The number of hydrogen-bond acceptors (Lipinski definition) is 1. The molecule has 1 aromatic heterocycles. The van der Waals surface area contributed by atoms with Crippen LogP contribution in [0.5, 0.6) is 0 Å². The molecule has 2 rings (SSSR count). The Kier molecular flexibility index (Phi) is 3.05. The van der Waals surface area contributed by atoms with E-state index in [1.165, 1.54) is 10.7 Å². The summed E-state index contributed by atoms with van der Waals surface area (Å²) < 4.78 is 0. The fourth-order valence-electron chi connectivity index (χ4n) is 2.24. The van der Waals surface area contributed by atoms with Gasteiger partial charge in [-0.15, -0.1) is 6.07 Å². The summed E-state index contributed by atoms with van der Waals surface area (Å²) in [5, 5.41) is 2.79. The van der Waals surface area contributed by atoms with Crippen molar-refractivity contribution in [2.24, 2.45) is 0 Å². The predicted octanol–water partition coefficient (Wildman–Crippen LogP) is 2.84. The quantitative estimate of drug-likeness (QED) is 0.732. The first-order chi connectivity index (χ1) is 7.36. The summed E-state index contributed by atoms with van der Waals surface area (Å²) in [5.74, 6) is 2.29. The zero-order valence-electron chi connectivity index (χ0n) is 9.48. The van der Waals surface area contributed by atoms with Crippen LogP contribution in [0.25, 0.3) is 10.7 Å². The highest BCUT2D eigenvalue weighted by Crippen LogP contribution is 2.12. The van der Waals surface area contributed by atoms with E-state index in [1.54, 1.807) is 0 Å². The molecule has 0 radical (unpaired) electrons. The summed E-state index contributed by atoms with van der Waals surface area (Å²) in [6, 6.07) is 13.0. The summed E-state index contributed by atoms with van der Waals surface area (Å²) in [5.41, 5.74) is 0. The maximum Gasteiger partial charge on any atom is -0.0227 e. The summed E-state index contributed by atoms with van der Waals surface area (Å²) in [7, 11) is 0. The maximum atomic E-state index is 2.47. The van der Waals surface area contributed by atoms with Gasteiger partial charge in [0, 0.05) is 0 Å². The molecule has 0 aliphatic heterocycles. The molecule has 78 valence electrons. The van der Waals surface area contributed by atoms with Crippen LogP contribution in [0, 0.1) is 0 Å². The molecule has 0 aliphatic carbocycles. The SMILES string of the molecule is CCN(CC)[b-]1cccc2ccccc12. The van der Waals surface area contributed by atoms with Gasteiger partial charge >= 0.3 is 0 Å². The van der Waals surface area contributed by atoms with Crippen LogP contribution in [0.2, 0.25) is 0 Å². The van der Waals surface area contributed by atoms with Crippen molar-refractivity contribution in [2.75, 3.05) is 17.9 Å². The van der Waals surface area contributed by atoms with Crippen molar-refractivity contribution in [3.63, 3.8) is 0 Å². The Balaban J connectivity index is 2.59. The fraction of sp³-hybridized carbons (Fsp3) is 0.308. The van der Waals surface area contributed by atoms with Crippen LogP contribution in [-0.4, -0.2) is 19.6 Å². The Morgan fingerprint density at radius 3 is 2.40 bits per heavy atom. The van der Waals surface area contributed by atoms with Crippen molar-refractivity contribution < 1.29 is 0 Å². The first-order valence-corrected chi connectivity index (χ1v) is 5.71. The van der Waals surface area contributed by atoms with E-state index in [0.29, 0.717) is 6.48 Å². The van der Waals surface area contributed by atoms with Crippen LogP contribution in [0.4, 0.5) is 0 Å². The van der Waals surface area contributed by atoms with Crippen molar-refractivity contribution >= 4 is 17.1 Å². The third-order valence-corrected chi connectivity index (χ3v) is 3.09. The molecule has 0 unspecified atom stereocenters. The smallest absolute Gasteiger partial charge is 0.0227 e. The highest BCUT2D eigenvalue weighted by atomic mass is 15.0. The fourth-order valence-corrected chi connectivity index (χ4v) is 2.24. The monoisotopic (exact) mass is 198 g/mol. The van der Waals surface area contributed by atoms with Gasteiger partial charge in [0.1, 0.15) is 0 Å². The minimum absolute atomic E-state index is 0.459. The molecule has 0 fully saturated rings. The third kappa shape index (κ3) is 1.89. The van der Waals surface area contributed by atoms with Gasteiger partial charge in [-0.3, -0.25) is 0 Å². The van der Waals surface area contributed by atoms with E-state index in [4.69, 9.17) is 0 Å². The van der Waals surface area contributed by atoms with Crippen molar-refractivity contribution in [3.05, 3.63) is 42.4 Å². The Labute approximate surface area is 91.8 Å². The predicted molar refractivity (Wildman–Crippen MR) is 69.2 cm³/mol. The van der Waals surface area contributed by atoms with Gasteiger partial charge in [0.25, 0.3) is 0 Å². The van der Waals surface area contributed by atoms with Gasteiger partial charge in [-0.25, -0.2) is 5.96 Å². The summed E-state index contributed by atoms with van der Waals surface area (Å²) in [6.07, 6.45) is 0. The number of fused-ring (bicyclic) bond motifs is 1. The molecule has 1 heterocycles. The molecule has 0 saturated carbocycles. The largest absolute Gasteiger partial charge is 0.583 e. The average molecular weight is 198 g/mol. The molecule has 0 bridgehead atoms. The Bertz CT molecular complexity index is 444. The molecule has 1 nitrogen and oxygen atoms in total. The molecule has 0 spiro atoms. The summed E-state index contributed by atoms with van der Waals surface area (Å²) >= 11 is 0. The zero-order valence-corrected chi connectivity index (χ0v) is 9.48. The Morgan fingerprint density at radius 1 is 1.00 bits per heavy atom. The lowest BCUT2D eigenvalue weighted by atomic mass is 9.71. The average Bonchev–Trinajstić information content (AvgIpc) is 2.31. The molecule has 15 heavy (non-hydrogen) atoms. The normalized spacial score (nSPS) is 10.5. The van der Waals surface area contributed by atoms with Gasteiger partial charge in [0.05, 0.1) is 0 Å². The highest BCUT2D eigenvalue weighted by molar-refractivity contribution is 6.66. The third-order valence-electron chi connectivity index (χ3n) is 3.09. The lowest BCUT2D eigenvalue weighted by Crippen LogP contribution is -2.35. The van der Waals surface area contributed by atoms with E-state index in [0.717, 1.165) is 13.1 Å². The van der Waals surface area contributed by atoms with Crippen LogP contribution >= 0.6 is 0 Å². The lowest BCUT2D eigenvalue weighted by molar-refractivity contribution is 0.921. The second-order valence-corrected chi connectivity index (χ2v) is 3.85. The van der Waals surface area contributed by atoms with Gasteiger partial charge in [0.2, 0.25) is 0 Å². The summed E-state index contributed by atoms with van der Waals surface area (Å²) in [6.45, 7) is 7.09. The topological polar surface area (TPSA) is 3.24 Å². The zero-order chi connectivity index (χ0) is 10.7. The van der Waals surface area contributed by atoms with E-state index in [1.807, 2.05) is 0 Å². The molecule has 0 saturated heterocycles. The van der Waals surface area contributed by atoms with Crippen molar-refractivity contribution in [1.29, 1.82) is 0 Å². The van der Waals surface area contributed by atoms with Crippen LogP contribution in [-0.2, 0) is 0 Å². The maximum absolute atomic E-state index is 2.47. The number of benzene rings is 1. The number of rotatable bonds is 3. The molecular formula is C13H17BN-. The highest BCUT2D eigenvalue weighted by Gasteiger charge is 1.94. The van der Waals surface area contributed by atoms with Crippen molar-refractivity contribution in [2.45, 2.75) is 13.8 Å². The van der Waals surface area contributed by atoms with Crippen molar-refractivity contribution in [3.8, 4) is 0 Å². The lowest BCUT2D eigenvalue weighted by Gasteiger charge is -2.35. The van der Waals surface area contributed by atoms with Crippen LogP contribution in [0.1, 0.15) is 13.8 Å². The van der Waals surface area contributed by atoms with E-state index >= 15 is 0 Å². The number of hydrogen-bond donors (Lipinski definition) is 0. The molecule has 0 amide bonds. The van der Waals surface area contributed by atoms with Gasteiger partial charge in [-0.1, -0.05) is 49.6 Å². The minimum Gasteiger partial charge on any atom is -0.583 e. The van der Waals surface area contributed by atoms with Gasteiger partial charge in [-0.05, 0) is 19.6 Å². The van der Waals surface area contributed by atoms with Crippen LogP contribution in [0.15, 0.2) is 42.4 Å². The standard InChI is InChI=1S/C13H17BN/c1-3-15(4-2)14-11-7-9-12-8-5-6-10-13(12)14/h5-11H,3-4H2,1-2H3/q-1. The minimum atomic E-state index is 0.459. The van der Waals surface area contributed by atoms with E-state index < -0.39 is 0 Å². The molecular weight excluding hydrogens is 181 g/mol. The van der Waals surface area contributed by atoms with E-state index in [-0.39, 0.29) is 0 Å². The van der Waals surface area contributed by atoms with Crippen LogP contribution < -0.4 is 4.81 Å². The van der Waals surface area contributed by atoms with Crippen molar-refractivity contribution in [1.82, 2.24) is 0 Å². The second-order valence-electron chi connectivity index (χ2n) is 3.85. The van der Waals surface area contributed by atoms with E-state index in [2.05, 4.69) is 61.0 Å². The first-order valence-electron chi connectivity index (χ1n) is 5.71. The molecule has 0 atom stereocenters. The van der Waals surface area contributed by atoms with Gasteiger partial charge < -0.3 is 4.81 Å². The Hall–Kier alpha value is -1.31.